The Morgan fingerprint density at radius 2 is 1.64 bits per heavy atom. The molecule has 7 heteroatoms. The molecule has 0 atom stereocenters. The number of hydrogen-bond donors (Lipinski definition) is 1. The quantitative estimate of drug-likeness (QED) is 0.519. The van der Waals surface area contributed by atoms with Gasteiger partial charge in [-0.15, -0.1) is 10.2 Å². The number of anilines is 1. The molecule has 1 N–H and O–H groups in total. The molecule has 2 heterocycles. The number of Topliss-reactive ketones (excluding diaryl/α,β-unsaturated/α-hetero) is 1. The molecule has 0 spiro atoms. The summed E-state index contributed by atoms with van der Waals surface area (Å²) in [6, 6.07) is 17.0. The summed E-state index contributed by atoms with van der Waals surface area (Å²) < 4.78 is 10.9. The molecule has 0 aliphatic rings. The van der Waals surface area contributed by atoms with Gasteiger partial charge >= 0.3 is 0 Å². The molecule has 0 unspecified atom stereocenters. The molecule has 2 aromatic heterocycles. The number of aromatic nitrogens is 2. The third-order valence-corrected chi connectivity index (χ3v) is 4.08. The average Bonchev–Trinajstić information content (AvgIpc) is 3.40. The minimum absolute atomic E-state index is 0.0480. The summed E-state index contributed by atoms with van der Waals surface area (Å²) in [7, 11) is 0. The monoisotopic (exact) mass is 373 g/mol. The standard InChI is InChI=1S/C21H15N3O4/c1-13(25)14-7-9-15(10-8-14)19(26)22-17-5-2-4-16(12-17)20-23-24-21(28-20)18-6-3-11-27-18/h2-12H,1H3,(H,22,26). The van der Waals surface area contributed by atoms with Crippen molar-refractivity contribution in [1.29, 1.82) is 0 Å². The molecular formula is C21H15N3O4. The highest BCUT2D eigenvalue weighted by atomic mass is 16.4. The van der Waals surface area contributed by atoms with Gasteiger partial charge in [0.25, 0.3) is 11.8 Å². The number of carbonyl (C=O) groups is 2. The number of nitrogens with one attached hydrogen (secondary N) is 1. The van der Waals surface area contributed by atoms with Crippen molar-refractivity contribution in [3.63, 3.8) is 0 Å². The molecule has 0 saturated heterocycles. The number of nitrogens with zero attached hydrogens (tertiary/aromatic N) is 2. The second-order valence-electron chi connectivity index (χ2n) is 6.06. The third kappa shape index (κ3) is 3.59. The van der Waals surface area contributed by atoms with Crippen molar-refractivity contribution >= 4 is 17.4 Å². The number of ketones is 1. The maximum absolute atomic E-state index is 12.4. The number of carbonyl (C=O) groups excluding carboxylic acids is 2. The van der Waals surface area contributed by atoms with Crippen LogP contribution in [0.5, 0.6) is 0 Å². The van der Waals surface area contributed by atoms with Crippen molar-refractivity contribution < 1.29 is 18.4 Å². The molecule has 4 aromatic rings. The number of benzene rings is 2. The predicted octanol–water partition coefficient (Wildman–Crippen LogP) is 4.45. The van der Waals surface area contributed by atoms with Gasteiger partial charge in [0.05, 0.1) is 6.26 Å². The van der Waals surface area contributed by atoms with Gasteiger partial charge in [0.2, 0.25) is 5.89 Å². The zero-order valence-electron chi connectivity index (χ0n) is 14.9. The molecule has 1 amide bonds. The van der Waals surface area contributed by atoms with Crippen molar-refractivity contribution in [1.82, 2.24) is 10.2 Å². The van der Waals surface area contributed by atoms with Gasteiger partial charge in [-0.3, -0.25) is 9.59 Å². The summed E-state index contributed by atoms with van der Waals surface area (Å²) in [6.45, 7) is 1.48. The molecule has 0 bridgehead atoms. The van der Waals surface area contributed by atoms with Crippen molar-refractivity contribution in [3.8, 4) is 23.1 Å². The fourth-order valence-electron chi connectivity index (χ4n) is 2.63. The molecule has 0 radical (unpaired) electrons. The van der Waals surface area contributed by atoms with E-state index in [9.17, 15) is 9.59 Å². The molecule has 0 fully saturated rings. The van der Waals surface area contributed by atoms with Gasteiger partial charge in [-0.25, -0.2) is 0 Å². The van der Waals surface area contributed by atoms with Crippen molar-refractivity contribution in [3.05, 3.63) is 78.1 Å². The van der Waals surface area contributed by atoms with E-state index in [1.807, 2.05) is 0 Å². The lowest BCUT2D eigenvalue weighted by Gasteiger charge is -2.06. The van der Waals surface area contributed by atoms with E-state index in [0.717, 1.165) is 0 Å². The highest BCUT2D eigenvalue weighted by Gasteiger charge is 2.13. The maximum Gasteiger partial charge on any atom is 0.283 e. The van der Waals surface area contributed by atoms with Crippen LogP contribution in [0.15, 0.2) is 75.8 Å². The molecule has 2 aromatic carbocycles. The van der Waals surface area contributed by atoms with E-state index in [1.165, 1.54) is 13.2 Å². The SMILES string of the molecule is CC(=O)c1ccc(C(=O)Nc2cccc(-c3nnc(-c4ccco4)o3)c2)cc1. The normalized spacial score (nSPS) is 10.6. The zero-order valence-corrected chi connectivity index (χ0v) is 14.9. The number of rotatable bonds is 5. The topological polar surface area (TPSA) is 98.2 Å². The minimum Gasteiger partial charge on any atom is -0.459 e. The largest absolute Gasteiger partial charge is 0.459 e. The van der Waals surface area contributed by atoms with Crippen LogP contribution in [0, 0.1) is 0 Å². The number of hydrogen-bond acceptors (Lipinski definition) is 6. The molecule has 28 heavy (non-hydrogen) atoms. The van der Waals surface area contributed by atoms with E-state index in [4.69, 9.17) is 8.83 Å². The highest BCUT2D eigenvalue weighted by molar-refractivity contribution is 6.05. The molecule has 0 aliphatic carbocycles. The minimum atomic E-state index is -0.283. The van der Waals surface area contributed by atoms with Gasteiger partial charge in [-0.1, -0.05) is 18.2 Å². The Morgan fingerprint density at radius 1 is 0.893 bits per heavy atom. The van der Waals surface area contributed by atoms with Crippen LogP contribution in [0.1, 0.15) is 27.6 Å². The van der Waals surface area contributed by atoms with Gasteiger partial charge < -0.3 is 14.2 Å². The molecule has 4 rings (SSSR count). The van der Waals surface area contributed by atoms with Crippen molar-refractivity contribution in [2.75, 3.05) is 5.32 Å². The first-order valence-corrected chi connectivity index (χ1v) is 8.50. The van der Waals surface area contributed by atoms with Crippen LogP contribution in [0.3, 0.4) is 0 Å². The molecule has 0 aliphatic heterocycles. The number of furan rings is 1. The summed E-state index contributed by atoms with van der Waals surface area (Å²) in [5.74, 6) is 0.743. The first-order chi connectivity index (χ1) is 13.6. The van der Waals surface area contributed by atoms with Crippen LogP contribution < -0.4 is 5.32 Å². The summed E-state index contributed by atoms with van der Waals surface area (Å²) >= 11 is 0. The number of amides is 1. The Kier molecular flexibility index (Phi) is 4.55. The fourth-order valence-corrected chi connectivity index (χ4v) is 2.63. The van der Waals surface area contributed by atoms with Gasteiger partial charge in [0.15, 0.2) is 11.5 Å². The smallest absolute Gasteiger partial charge is 0.283 e. The molecular weight excluding hydrogens is 358 g/mol. The Bertz CT molecular complexity index is 1130. The molecule has 0 saturated carbocycles. The average molecular weight is 373 g/mol. The van der Waals surface area contributed by atoms with Crippen LogP contribution in [-0.2, 0) is 0 Å². The fraction of sp³-hybridized carbons (Fsp3) is 0.0476. The van der Waals surface area contributed by atoms with Crippen LogP contribution in [0.2, 0.25) is 0 Å². The summed E-state index contributed by atoms with van der Waals surface area (Å²) in [5, 5.41) is 10.8. The Hall–Kier alpha value is -4.00. The first kappa shape index (κ1) is 17.4. The summed E-state index contributed by atoms with van der Waals surface area (Å²) in [4.78, 5) is 23.8. The lowest BCUT2D eigenvalue weighted by Crippen LogP contribution is -2.12. The van der Waals surface area contributed by atoms with Gasteiger partial charge in [0, 0.05) is 22.4 Å². The van der Waals surface area contributed by atoms with Gasteiger partial charge in [0.1, 0.15) is 0 Å². The summed E-state index contributed by atoms with van der Waals surface area (Å²) in [6.07, 6.45) is 1.53. The lowest BCUT2D eigenvalue weighted by molar-refractivity contribution is 0.101. The second kappa shape index (κ2) is 7.32. The lowest BCUT2D eigenvalue weighted by atomic mass is 10.1. The highest BCUT2D eigenvalue weighted by Crippen LogP contribution is 2.26. The van der Waals surface area contributed by atoms with Crippen LogP contribution in [0.4, 0.5) is 5.69 Å². The van der Waals surface area contributed by atoms with Crippen LogP contribution in [0.25, 0.3) is 23.1 Å². The van der Waals surface area contributed by atoms with Crippen molar-refractivity contribution in [2.45, 2.75) is 6.92 Å². The van der Waals surface area contributed by atoms with E-state index in [0.29, 0.717) is 34.0 Å². The first-order valence-electron chi connectivity index (χ1n) is 8.50. The Morgan fingerprint density at radius 3 is 2.36 bits per heavy atom. The molecule has 138 valence electrons. The Labute approximate surface area is 160 Å². The second-order valence-corrected chi connectivity index (χ2v) is 6.06. The van der Waals surface area contributed by atoms with E-state index in [-0.39, 0.29) is 17.6 Å². The summed E-state index contributed by atoms with van der Waals surface area (Å²) in [5.41, 5.74) is 2.25. The van der Waals surface area contributed by atoms with Gasteiger partial charge in [-0.05, 0) is 49.4 Å². The Balaban J connectivity index is 1.52. The van der Waals surface area contributed by atoms with E-state index in [1.54, 1.807) is 60.7 Å². The van der Waals surface area contributed by atoms with E-state index in [2.05, 4.69) is 15.5 Å². The molecule has 7 nitrogen and oxygen atoms in total. The van der Waals surface area contributed by atoms with Crippen LogP contribution >= 0.6 is 0 Å². The van der Waals surface area contributed by atoms with Crippen molar-refractivity contribution in [2.24, 2.45) is 0 Å². The zero-order chi connectivity index (χ0) is 19.5. The third-order valence-electron chi connectivity index (χ3n) is 4.08. The predicted molar refractivity (Wildman–Crippen MR) is 102 cm³/mol. The van der Waals surface area contributed by atoms with E-state index < -0.39 is 0 Å². The van der Waals surface area contributed by atoms with Crippen LogP contribution in [-0.4, -0.2) is 21.9 Å². The van der Waals surface area contributed by atoms with Gasteiger partial charge in [-0.2, -0.15) is 0 Å². The van der Waals surface area contributed by atoms with E-state index >= 15 is 0 Å². The maximum atomic E-state index is 12.4.